The maximum absolute atomic E-state index is 13.1. The van der Waals surface area contributed by atoms with E-state index in [0.717, 1.165) is 0 Å². The first-order valence-electron chi connectivity index (χ1n) is 8.24. The molecule has 0 amide bonds. The standard InChI is InChI=1S/C20H17NO5/c1-26-12-6-7-13-16(8-12)20(25)21(9-11(23)10-22)18-14-4-2-3-5-15(14)19(24)17(13)18/h2-8,11,22-23H,9-10H2,1H3/t11-/m0/s1. The third-order valence-corrected chi connectivity index (χ3v) is 4.74. The van der Waals surface area contributed by atoms with E-state index in [4.69, 9.17) is 4.74 Å². The number of hydrogen-bond acceptors (Lipinski definition) is 5. The summed E-state index contributed by atoms with van der Waals surface area (Å²) >= 11 is 0. The lowest BCUT2D eigenvalue weighted by Gasteiger charge is -2.17. The van der Waals surface area contributed by atoms with E-state index in [9.17, 15) is 19.8 Å². The lowest BCUT2D eigenvalue weighted by atomic mass is 10.0. The van der Waals surface area contributed by atoms with Gasteiger partial charge in [0.15, 0.2) is 5.78 Å². The summed E-state index contributed by atoms with van der Waals surface area (Å²) in [5.74, 6) is 0.352. The third-order valence-electron chi connectivity index (χ3n) is 4.74. The van der Waals surface area contributed by atoms with Crippen LogP contribution in [0.2, 0.25) is 0 Å². The van der Waals surface area contributed by atoms with Crippen molar-refractivity contribution in [2.24, 2.45) is 0 Å². The summed E-state index contributed by atoms with van der Waals surface area (Å²) < 4.78 is 6.58. The summed E-state index contributed by atoms with van der Waals surface area (Å²) in [6, 6.07) is 12.1. The second-order valence-corrected chi connectivity index (χ2v) is 6.26. The number of rotatable bonds is 4. The molecule has 2 N–H and O–H groups in total. The minimum absolute atomic E-state index is 0.105. The predicted molar refractivity (Wildman–Crippen MR) is 96.7 cm³/mol. The molecule has 1 aromatic heterocycles. The first-order valence-corrected chi connectivity index (χ1v) is 8.24. The summed E-state index contributed by atoms with van der Waals surface area (Å²) in [5, 5.41) is 20.1. The van der Waals surface area contributed by atoms with Gasteiger partial charge in [0.05, 0.1) is 43.0 Å². The Morgan fingerprint density at radius 1 is 1.08 bits per heavy atom. The molecule has 6 heteroatoms. The van der Waals surface area contributed by atoms with E-state index >= 15 is 0 Å². The van der Waals surface area contributed by atoms with Crippen molar-refractivity contribution in [3.8, 4) is 17.0 Å². The molecule has 0 spiro atoms. The lowest BCUT2D eigenvalue weighted by Crippen LogP contribution is -2.30. The van der Waals surface area contributed by atoms with E-state index < -0.39 is 12.7 Å². The minimum Gasteiger partial charge on any atom is -0.497 e. The normalized spacial score (nSPS) is 13.6. The van der Waals surface area contributed by atoms with Crippen LogP contribution in [0.15, 0.2) is 47.3 Å². The first-order chi connectivity index (χ1) is 12.6. The average molecular weight is 351 g/mol. The zero-order chi connectivity index (χ0) is 18.4. The maximum atomic E-state index is 13.1. The van der Waals surface area contributed by atoms with E-state index in [-0.39, 0.29) is 17.9 Å². The van der Waals surface area contributed by atoms with Crippen LogP contribution in [0.5, 0.6) is 5.75 Å². The van der Waals surface area contributed by atoms with Gasteiger partial charge in [-0.15, -0.1) is 0 Å². The van der Waals surface area contributed by atoms with Gasteiger partial charge in [0.1, 0.15) is 5.75 Å². The Balaban J connectivity index is 2.14. The fourth-order valence-corrected chi connectivity index (χ4v) is 3.53. The van der Waals surface area contributed by atoms with Crippen LogP contribution in [0.4, 0.5) is 0 Å². The lowest BCUT2D eigenvalue weighted by molar-refractivity contribution is 0.0808. The molecule has 1 heterocycles. The van der Waals surface area contributed by atoms with Gasteiger partial charge in [-0.25, -0.2) is 0 Å². The van der Waals surface area contributed by atoms with Crippen molar-refractivity contribution < 1.29 is 19.7 Å². The summed E-state index contributed by atoms with van der Waals surface area (Å²) in [4.78, 5) is 26.1. The Labute approximate surface area is 148 Å². The summed E-state index contributed by atoms with van der Waals surface area (Å²) in [6.45, 7) is -0.584. The number of methoxy groups -OCH3 is 1. The minimum atomic E-state index is -1.11. The molecule has 26 heavy (non-hydrogen) atoms. The number of nitrogens with zero attached hydrogens (tertiary/aromatic N) is 1. The number of benzene rings is 2. The van der Waals surface area contributed by atoms with Gasteiger partial charge >= 0.3 is 0 Å². The number of fused-ring (bicyclic) bond motifs is 5. The zero-order valence-electron chi connectivity index (χ0n) is 14.1. The predicted octanol–water partition coefficient (Wildman–Crippen LogP) is 1.57. The molecular weight excluding hydrogens is 334 g/mol. The molecular formula is C20H17NO5. The molecule has 1 aliphatic rings. The number of ketones is 1. The molecule has 2 aromatic carbocycles. The van der Waals surface area contributed by atoms with Gasteiger partial charge in [0.2, 0.25) is 0 Å². The Hall–Kier alpha value is -2.96. The number of aromatic nitrogens is 1. The smallest absolute Gasteiger partial charge is 0.259 e. The Kier molecular flexibility index (Phi) is 3.86. The number of carbonyl (C=O) groups is 1. The number of carbonyl (C=O) groups excluding carboxylic acids is 1. The quantitative estimate of drug-likeness (QED) is 0.583. The van der Waals surface area contributed by atoms with Crippen LogP contribution >= 0.6 is 0 Å². The van der Waals surface area contributed by atoms with Gasteiger partial charge in [0.25, 0.3) is 5.56 Å². The third kappa shape index (κ3) is 2.27. The van der Waals surface area contributed by atoms with Gasteiger partial charge in [-0.05, 0) is 18.2 Å². The molecule has 1 aliphatic carbocycles. The molecule has 4 rings (SSSR count). The molecule has 6 nitrogen and oxygen atoms in total. The highest BCUT2D eigenvalue weighted by Gasteiger charge is 2.32. The molecule has 0 saturated heterocycles. The number of pyridine rings is 1. The van der Waals surface area contributed by atoms with Crippen LogP contribution in [-0.2, 0) is 6.54 Å². The molecule has 0 unspecified atom stereocenters. The number of ether oxygens (including phenoxy) is 1. The number of aliphatic hydroxyl groups excluding tert-OH is 2. The average Bonchev–Trinajstić information content (AvgIpc) is 2.97. The zero-order valence-corrected chi connectivity index (χ0v) is 14.1. The highest BCUT2D eigenvalue weighted by molar-refractivity contribution is 6.26. The molecule has 132 valence electrons. The van der Waals surface area contributed by atoms with Gasteiger partial charge in [-0.1, -0.05) is 24.3 Å². The Morgan fingerprint density at radius 2 is 1.81 bits per heavy atom. The number of hydrogen-bond donors (Lipinski definition) is 2. The van der Waals surface area contributed by atoms with Crippen LogP contribution in [0.1, 0.15) is 15.9 Å². The summed E-state index contributed by atoms with van der Waals surface area (Å²) in [6.07, 6.45) is -1.11. The highest BCUT2D eigenvalue weighted by Crippen LogP contribution is 2.39. The largest absolute Gasteiger partial charge is 0.497 e. The van der Waals surface area contributed by atoms with Gasteiger partial charge < -0.3 is 19.5 Å². The van der Waals surface area contributed by atoms with Crippen LogP contribution < -0.4 is 10.3 Å². The van der Waals surface area contributed by atoms with Crippen molar-refractivity contribution in [3.63, 3.8) is 0 Å². The van der Waals surface area contributed by atoms with Crippen molar-refractivity contribution in [3.05, 3.63) is 63.9 Å². The van der Waals surface area contributed by atoms with Crippen LogP contribution in [0.3, 0.4) is 0 Å². The second kappa shape index (κ2) is 6.09. The molecule has 0 aliphatic heterocycles. The fraction of sp³-hybridized carbons (Fsp3) is 0.200. The molecule has 0 fully saturated rings. The van der Waals surface area contributed by atoms with Gasteiger partial charge in [0, 0.05) is 16.5 Å². The van der Waals surface area contributed by atoms with Crippen molar-refractivity contribution in [2.45, 2.75) is 12.6 Å². The van der Waals surface area contributed by atoms with Gasteiger partial charge in [-0.3, -0.25) is 9.59 Å². The number of aliphatic hydroxyl groups is 2. The molecule has 0 saturated carbocycles. The second-order valence-electron chi connectivity index (χ2n) is 6.26. The molecule has 1 atom stereocenters. The van der Waals surface area contributed by atoms with Crippen molar-refractivity contribution >= 4 is 16.6 Å². The summed E-state index contributed by atoms with van der Waals surface area (Å²) in [7, 11) is 1.50. The topological polar surface area (TPSA) is 88.8 Å². The SMILES string of the molecule is COc1ccc2c3c(n(C[C@H](O)CO)c(=O)c2c1)-c1ccccc1C3=O. The summed E-state index contributed by atoms with van der Waals surface area (Å²) in [5.41, 5.74) is 1.77. The van der Waals surface area contributed by atoms with E-state index in [0.29, 0.717) is 38.9 Å². The van der Waals surface area contributed by atoms with Crippen molar-refractivity contribution in [1.82, 2.24) is 4.57 Å². The molecule has 0 radical (unpaired) electrons. The van der Waals surface area contributed by atoms with Crippen LogP contribution in [-0.4, -0.2) is 40.4 Å². The Bertz CT molecular complexity index is 1100. The van der Waals surface area contributed by atoms with Crippen molar-refractivity contribution in [1.29, 1.82) is 0 Å². The highest BCUT2D eigenvalue weighted by atomic mass is 16.5. The van der Waals surface area contributed by atoms with E-state index in [1.54, 1.807) is 42.5 Å². The first kappa shape index (κ1) is 16.5. The van der Waals surface area contributed by atoms with Gasteiger partial charge in [-0.2, -0.15) is 0 Å². The van der Waals surface area contributed by atoms with E-state index in [1.165, 1.54) is 11.7 Å². The Morgan fingerprint density at radius 3 is 2.50 bits per heavy atom. The monoisotopic (exact) mass is 351 g/mol. The van der Waals surface area contributed by atoms with E-state index in [1.807, 2.05) is 0 Å². The van der Waals surface area contributed by atoms with E-state index in [2.05, 4.69) is 0 Å². The van der Waals surface area contributed by atoms with Crippen LogP contribution in [0.25, 0.3) is 22.0 Å². The van der Waals surface area contributed by atoms with Crippen molar-refractivity contribution in [2.75, 3.05) is 13.7 Å². The molecule has 3 aromatic rings. The fourth-order valence-electron chi connectivity index (χ4n) is 3.53. The molecule has 0 bridgehead atoms. The maximum Gasteiger partial charge on any atom is 0.259 e. The van der Waals surface area contributed by atoms with Crippen LogP contribution in [0, 0.1) is 0 Å².